The van der Waals surface area contributed by atoms with E-state index in [0.29, 0.717) is 18.0 Å². The highest BCUT2D eigenvalue weighted by molar-refractivity contribution is 7.84. The summed E-state index contributed by atoms with van der Waals surface area (Å²) in [6.45, 7) is 4.23. The van der Waals surface area contributed by atoms with Gasteiger partial charge in [-0.1, -0.05) is 13.8 Å². The highest BCUT2D eigenvalue weighted by atomic mass is 32.2. The van der Waals surface area contributed by atoms with Crippen molar-refractivity contribution in [1.29, 1.82) is 4.78 Å². The predicted molar refractivity (Wildman–Crippen MR) is 98.2 cm³/mol. The van der Waals surface area contributed by atoms with Crippen LogP contribution in [0.1, 0.15) is 36.3 Å². The van der Waals surface area contributed by atoms with Crippen molar-refractivity contribution in [2.75, 3.05) is 5.32 Å². The van der Waals surface area contributed by atoms with Crippen LogP contribution in [0.25, 0.3) is 0 Å². The second-order valence-corrected chi connectivity index (χ2v) is 8.12. The Morgan fingerprint density at radius 2 is 2.12 bits per heavy atom. The maximum absolute atomic E-state index is 13.4. The number of fused-ring (bicyclic) bond motifs is 1. The van der Waals surface area contributed by atoms with Crippen LogP contribution in [0.2, 0.25) is 0 Å². The van der Waals surface area contributed by atoms with Gasteiger partial charge in [-0.05, 0) is 47.3 Å². The number of hydrogen-bond donors (Lipinski definition) is 3. The molecule has 0 aliphatic carbocycles. The van der Waals surface area contributed by atoms with E-state index in [4.69, 9.17) is 4.78 Å². The SMILES string of the molecule is CC(C)C1CCc2c(cn(C)c2C(=O)Nc2ccc(F)c(F)c2)S(=N)N1. The average Bonchev–Trinajstić information content (AvgIpc) is 2.82. The van der Waals surface area contributed by atoms with Gasteiger partial charge in [0.05, 0.1) is 4.90 Å². The molecule has 1 aromatic heterocycles. The van der Waals surface area contributed by atoms with Gasteiger partial charge < -0.3 is 9.88 Å². The highest BCUT2D eigenvalue weighted by Crippen LogP contribution is 2.28. The van der Waals surface area contributed by atoms with E-state index in [2.05, 4.69) is 23.9 Å². The Hall–Kier alpha value is -2.06. The summed E-state index contributed by atoms with van der Waals surface area (Å²) in [7, 11) is 0.853. The quantitative estimate of drug-likeness (QED) is 0.759. The van der Waals surface area contributed by atoms with E-state index in [-0.39, 0.29) is 17.6 Å². The number of carbonyl (C=O) groups is 1. The van der Waals surface area contributed by atoms with Gasteiger partial charge >= 0.3 is 0 Å². The molecule has 26 heavy (non-hydrogen) atoms. The molecule has 0 saturated heterocycles. The molecule has 1 aliphatic heterocycles. The van der Waals surface area contributed by atoms with Crippen molar-refractivity contribution in [3.8, 4) is 0 Å². The van der Waals surface area contributed by atoms with Crippen molar-refractivity contribution in [3.63, 3.8) is 0 Å². The maximum atomic E-state index is 13.4. The van der Waals surface area contributed by atoms with E-state index in [1.54, 1.807) is 17.8 Å². The first kappa shape index (κ1) is 18.7. The van der Waals surface area contributed by atoms with Gasteiger partial charge in [-0.15, -0.1) is 0 Å². The Balaban J connectivity index is 1.91. The molecule has 1 amide bonds. The van der Waals surface area contributed by atoms with E-state index in [1.807, 2.05) is 0 Å². The fraction of sp³-hybridized carbons (Fsp3) is 0.389. The van der Waals surface area contributed by atoms with E-state index >= 15 is 0 Å². The van der Waals surface area contributed by atoms with Gasteiger partial charge in [-0.3, -0.25) is 9.57 Å². The number of carbonyl (C=O) groups excluding carboxylic acids is 1. The van der Waals surface area contributed by atoms with Crippen molar-refractivity contribution in [1.82, 2.24) is 9.29 Å². The number of hydrogen-bond acceptors (Lipinski definition) is 2. The number of aryl methyl sites for hydroxylation is 1. The van der Waals surface area contributed by atoms with Crippen LogP contribution in [-0.4, -0.2) is 16.5 Å². The molecule has 0 bridgehead atoms. The molecule has 0 saturated carbocycles. The Morgan fingerprint density at radius 1 is 1.38 bits per heavy atom. The van der Waals surface area contributed by atoms with E-state index < -0.39 is 22.5 Å². The fourth-order valence-electron chi connectivity index (χ4n) is 3.17. The molecule has 0 radical (unpaired) electrons. The number of aromatic nitrogens is 1. The minimum Gasteiger partial charge on any atom is -0.345 e. The molecule has 3 rings (SSSR count). The number of amides is 1. The monoisotopic (exact) mass is 380 g/mol. The largest absolute Gasteiger partial charge is 0.345 e. The molecule has 1 aromatic carbocycles. The number of halogens is 2. The Labute approximate surface area is 153 Å². The minimum absolute atomic E-state index is 0.195. The van der Waals surface area contributed by atoms with Crippen LogP contribution in [0.3, 0.4) is 0 Å². The summed E-state index contributed by atoms with van der Waals surface area (Å²) in [5.74, 6) is -1.96. The van der Waals surface area contributed by atoms with E-state index in [0.717, 1.165) is 29.0 Å². The van der Waals surface area contributed by atoms with E-state index in [1.165, 1.54) is 6.07 Å². The molecule has 2 heterocycles. The molecule has 2 unspecified atom stereocenters. The van der Waals surface area contributed by atoms with Crippen LogP contribution in [-0.2, 0) is 24.3 Å². The molecular weight excluding hydrogens is 358 g/mol. The molecule has 2 atom stereocenters. The summed E-state index contributed by atoms with van der Waals surface area (Å²) < 4.78 is 39.9. The molecule has 3 N–H and O–H groups in total. The lowest BCUT2D eigenvalue weighted by molar-refractivity contribution is 0.101. The molecule has 1 aliphatic rings. The summed E-state index contributed by atoms with van der Waals surface area (Å²) in [4.78, 5) is 13.6. The van der Waals surface area contributed by atoms with E-state index in [9.17, 15) is 13.6 Å². The summed E-state index contributed by atoms with van der Waals surface area (Å²) in [6.07, 6.45) is 3.33. The van der Waals surface area contributed by atoms with Gasteiger partial charge in [-0.2, -0.15) is 0 Å². The first-order chi connectivity index (χ1) is 12.3. The Bertz CT molecular complexity index is 878. The predicted octanol–water partition coefficient (Wildman–Crippen LogP) is 3.77. The fourth-order valence-corrected chi connectivity index (χ4v) is 4.70. The number of rotatable bonds is 3. The normalized spacial score (nSPS) is 19.9. The molecule has 8 heteroatoms. The summed E-state index contributed by atoms with van der Waals surface area (Å²) in [5, 5.41) is 2.63. The van der Waals surface area contributed by atoms with Gasteiger partial charge in [0, 0.05) is 31.0 Å². The third-order valence-electron chi connectivity index (χ3n) is 4.64. The van der Waals surface area contributed by atoms with Crippen LogP contribution in [0.5, 0.6) is 0 Å². The molecular formula is C18H22F2N4OS. The maximum Gasteiger partial charge on any atom is 0.272 e. The number of nitrogens with zero attached hydrogens (tertiary/aromatic N) is 1. The van der Waals surface area contributed by atoms with Gasteiger partial charge in [0.25, 0.3) is 5.91 Å². The van der Waals surface area contributed by atoms with Crippen molar-refractivity contribution >= 4 is 22.5 Å². The van der Waals surface area contributed by atoms with Crippen molar-refractivity contribution < 1.29 is 13.6 Å². The first-order valence-corrected chi connectivity index (χ1v) is 9.66. The van der Waals surface area contributed by atoms with Gasteiger partial charge in [0.2, 0.25) is 0 Å². The van der Waals surface area contributed by atoms with Crippen molar-refractivity contribution in [2.24, 2.45) is 13.0 Å². The summed E-state index contributed by atoms with van der Waals surface area (Å²) >= 11 is 0. The van der Waals surface area contributed by atoms with Gasteiger partial charge in [0.1, 0.15) is 5.69 Å². The van der Waals surface area contributed by atoms with Crippen LogP contribution < -0.4 is 10.0 Å². The minimum atomic E-state index is -1.01. The third kappa shape index (κ3) is 3.57. The zero-order valence-corrected chi connectivity index (χ0v) is 15.7. The van der Waals surface area contributed by atoms with Gasteiger partial charge in [0.15, 0.2) is 11.6 Å². The van der Waals surface area contributed by atoms with Crippen LogP contribution >= 0.6 is 0 Å². The second-order valence-electron chi connectivity index (χ2n) is 6.83. The van der Waals surface area contributed by atoms with Crippen LogP contribution in [0.4, 0.5) is 14.5 Å². The lowest BCUT2D eigenvalue weighted by Gasteiger charge is -2.20. The summed E-state index contributed by atoms with van der Waals surface area (Å²) in [6, 6.07) is 3.48. The lowest BCUT2D eigenvalue weighted by atomic mass is 9.97. The summed E-state index contributed by atoms with van der Waals surface area (Å²) in [5.41, 5.74) is 1.50. The standard InChI is InChI=1S/C18H22F2N4OS/c1-10(2)15-7-5-12-16(26(21)23-15)9-24(3)17(12)18(25)22-11-4-6-13(19)14(20)8-11/h4,6,8-10,15H,5,7H2,1-3H3,(H2,21,23)(H,22,25). The number of benzene rings is 1. The number of nitrogens with one attached hydrogen (secondary N) is 3. The smallest absolute Gasteiger partial charge is 0.272 e. The molecule has 0 fully saturated rings. The molecule has 2 aromatic rings. The molecule has 5 nitrogen and oxygen atoms in total. The first-order valence-electron chi connectivity index (χ1n) is 8.44. The topological polar surface area (TPSA) is 69.9 Å². The van der Waals surface area contributed by atoms with Gasteiger partial charge in [-0.25, -0.2) is 13.5 Å². The highest BCUT2D eigenvalue weighted by Gasteiger charge is 2.28. The van der Waals surface area contributed by atoms with Crippen LogP contribution in [0, 0.1) is 22.3 Å². The average molecular weight is 380 g/mol. The third-order valence-corrected chi connectivity index (χ3v) is 5.97. The number of anilines is 1. The Morgan fingerprint density at radius 3 is 2.77 bits per heavy atom. The van der Waals surface area contributed by atoms with Crippen molar-refractivity contribution in [3.05, 3.63) is 47.3 Å². The lowest BCUT2D eigenvalue weighted by Crippen LogP contribution is -2.33. The second kappa shape index (κ2) is 7.28. The zero-order valence-electron chi connectivity index (χ0n) is 14.9. The molecule has 0 spiro atoms. The Kier molecular flexibility index (Phi) is 5.24. The molecule has 140 valence electrons. The van der Waals surface area contributed by atoms with Crippen LogP contribution in [0.15, 0.2) is 29.3 Å². The zero-order chi connectivity index (χ0) is 19.0. The van der Waals surface area contributed by atoms with Crippen molar-refractivity contribution in [2.45, 2.75) is 37.6 Å².